The minimum atomic E-state index is -3.44. The Kier molecular flexibility index (Phi) is 5.01. The summed E-state index contributed by atoms with van der Waals surface area (Å²) >= 11 is 14.8. The SMILES string of the molecule is CCS(=O)(=O)c1ccc(C(=O)CBr)c(Cl)c1Cl. The first-order chi connectivity index (χ1) is 7.85. The zero-order valence-corrected chi connectivity index (χ0v) is 12.8. The van der Waals surface area contributed by atoms with Crippen LogP contribution in [-0.2, 0) is 9.84 Å². The normalized spacial score (nSPS) is 11.5. The smallest absolute Gasteiger partial charge is 0.179 e. The van der Waals surface area contributed by atoms with Crippen LogP contribution in [0.1, 0.15) is 17.3 Å². The number of sulfone groups is 1. The van der Waals surface area contributed by atoms with Crippen molar-refractivity contribution >= 4 is 54.8 Å². The second kappa shape index (κ2) is 5.69. The standard InChI is InChI=1S/C10H9BrCl2O3S/c1-2-17(15,16)8-4-3-6(7(14)5-11)9(12)10(8)13/h3-4H,2,5H2,1H3. The maximum atomic E-state index is 11.7. The molecular formula is C10H9BrCl2O3S. The highest BCUT2D eigenvalue weighted by Crippen LogP contribution is 2.33. The molecule has 0 saturated heterocycles. The van der Waals surface area contributed by atoms with Crippen molar-refractivity contribution in [3.63, 3.8) is 0 Å². The Morgan fingerprint density at radius 3 is 2.35 bits per heavy atom. The first-order valence-corrected chi connectivity index (χ1v) is 8.18. The Hall–Kier alpha value is -0.100. The van der Waals surface area contributed by atoms with Gasteiger partial charge in [0.15, 0.2) is 15.6 Å². The fourth-order valence-corrected chi connectivity index (χ4v) is 3.32. The predicted molar refractivity (Wildman–Crippen MR) is 72.3 cm³/mol. The van der Waals surface area contributed by atoms with Gasteiger partial charge in [0.25, 0.3) is 0 Å². The third-order valence-corrected chi connectivity index (χ3v) is 5.46. The van der Waals surface area contributed by atoms with Gasteiger partial charge in [-0.25, -0.2) is 8.42 Å². The van der Waals surface area contributed by atoms with E-state index in [1.807, 2.05) is 0 Å². The summed E-state index contributed by atoms with van der Waals surface area (Å²) in [7, 11) is -3.44. The van der Waals surface area contributed by atoms with E-state index in [0.29, 0.717) is 0 Å². The molecule has 0 bridgehead atoms. The number of halogens is 3. The molecule has 0 aliphatic rings. The van der Waals surface area contributed by atoms with Gasteiger partial charge in [0.2, 0.25) is 0 Å². The Balaban J connectivity index is 3.45. The van der Waals surface area contributed by atoms with E-state index in [4.69, 9.17) is 23.2 Å². The number of ketones is 1. The molecule has 1 rings (SSSR count). The fourth-order valence-electron chi connectivity index (χ4n) is 1.21. The molecule has 0 heterocycles. The predicted octanol–water partition coefficient (Wildman–Crippen LogP) is 3.36. The molecule has 1 aromatic carbocycles. The maximum absolute atomic E-state index is 11.7. The van der Waals surface area contributed by atoms with Gasteiger partial charge < -0.3 is 0 Å². The van der Waals surface area contributed by atoms with E-state index in [-0.39, 0.29) is 37.4 Å². The van der Waals surface area contributed by atoms with Crippen LogP contribution in [0.2, 0.25) is 10.0 Å². The summed E-state index contributed by atoms with van der Waals surface area (Å²) in [4.78, 5) is 11.4. The summed E-state index contributed by atoms with van der Waals surface area (Å²) in [5, 5.41) is -0.0194. The van der Waals surface area contributed by atoms with Crippen molar-refractivity contribution in [1.29, 1.82) is 0 Å². The van der Waals surface area contributed by atoms with Gasteiger partial charge in [-0.1, -0.05) is 46.1 Å². The van der Waals surface area contributed by atoms with Crippen molar-refractivity contribution in [2.75, 3.05) is 11.1 Å². The van der Waals surface area contributed by atoms with Gasteiger partial charge in [-0.3, -0.25) is 4.79 Å². The van der Waals surface area contributed by atoms with Crippen LogP contribution < -0.4 is 0 Å². The van der Waals surface area contributed by atoms with Crippen molar-refractivity contribution in [2.24, 2.45) is 0 Å². The van der Waals surface area contributed by atoms with Gasteiger partial charge >= 0.3 is 0 Å². The molecule has 1 aromatic rings. The van der Waals surface area contributed by atoms with Crippen LogP contribution in [0, 0.1) is 0 Å². The monoisotopic (exact) mass is 358 g/mol. The van der Waals surface area contributed by atoms with E-state index in [9.17, 15) is 13.2 Å². The van der Waals surface area contributed by atoms with E-state index in [1.54, 1.807) is 0 Å². The molecule has 3 nitrogen and oxygen atoms in total. The molecule has 94 valence electrons. The number of hydrogen-bond donors (Lipinski definition) is 0. The zero-order valence-electron chi connectivity index (χ0n) is 8.84. The third-order valence-electron chi connectivity index (χ3n) is 2.18. The summed E-state index contributed by atoms with van der Waals surface area (Å²) in [6.07, 6.45) is 0. The van der Waals surface area contributed by atoms with Crippen LogP contribution >= 0.6 is 39.1 Å². The molecular weight excluding hydrogens is 351 g/mol. The van der Waals surface area contributed by atoms with Crippen LogP contribution in [0.4, 0.5) is 0 Å². The first-order valence-electron chi connectivity index (χ1n) is 4.65. The van der Waals surface area contributed by atoms with Crippen LogP contribution in [-0.4, -0.2) is 25.3 Å². The molecule has 0 spiro atoms. The summed E-state index contributed by atoms with van der Waals surface area (Å²) in [5.41, 5.74) is 0.212. The molecule has 17 heavy (non-hydrogen) atoms. The Labute approximate surface area is 118 Å². The van der Waals surface area contributed by atoms with Gasteiger partial charge in [-0.05, 0) is 12.1 Å². The van der Waals surface area contributed by atoms with Gasteiger partial charge in [-0.15, -0.1) is 0 Å². The van der Waals surface area contributed by atoms with Crippen LogP contribution in [0.3, 0.4) is 0 Å². The van der Waals surface area contributed by atoms with Crippen LogP contribution in [0.15, 0.2) is 17.0 Å². The molecule has 0 aromatic heterocycles. The first kappa shape index (κ1) is 15.0. The van der Waals surface area contributed by atoms with Gasteiger partial charge in [0, 0.05) is 5.56 Å². The molecule has 0 aliphatic carbocycles. The number of carbonyl (C=O) groups is 1. The van der Waals surface area contributed by atoms with Gasteiger partial charge in [0.1, 0.15) is 0 Å². The summed E-state index contributed by atoms with van der Waals surface area (Å²) in [6.45, 7) is 1.51. The number of alkyl halides is 1. The van der Waals surface area contributed by atoms with Crippen molar-refractivity contribution in [3.05, 3.63) is 27.7 Å². The minimum absolute atomic E-state index is 0.0226. The maximum Gasteiger partial charge on any atom is 0.179 e. The van der Waals surface area contributed by atoms with Crippen molar-refractivity contribution < 1.29 is 13.2 Å². The number of benzene rings is 1. The quantitative estimate of drug-likeness (QED) is 0.611. The summed E-state index contributed by atoms with van der Waals surface area (Å²) in [5.74, 6) is -0.327. The number of hydrogen-bond acceptors (Lipinski definition) is 3. The summed E-state index contributed by atoms with van der Waals surface area (Å²) in [6, 6.07) is 2.68. The van der Waals surface area contributed by atoms with Crippen molar-refractivity contribution in [2.45, 2.75) is 11.8 Å². The third kappa shape index (κ3) is 3.02. The lowest BCUT2D eigenvalue weighted by Gasteiger charge is -2.08. The molecule has 0 unspecified atom stereocenters. The number of rotatable bonds is 4. The number of carbonyl (C=O) groups excluding carboxylic acids is 1. The largest absolute Gasteiger partial charge is 0.293 e. The van der Waals surface area contributed by atoms with Gasteiger partial charge in [-0.2, -0.15) is 0 Å². The lowest BCUT2D eigenvalue weighted by Crippen LogP contribution is -2.07. The highest BCUT2D eigenvalue weighted by atomic mass is 79.9. The van der Waals surface area contributed by atoms with Crippen molar-refractivity contribution in [3.8, 4) is 0 Å². The van der Waals surface area contributed by atoms with Gasteiger partial charge in [0.05, 0.1) is 26.0 Å². The topological polar surface area (TPSA) is 51.2 Å². The van der Waals surface area contributed by atoms with E-state index in [0.717, 1.165) is 0 Å². The van der Waals surface area contributed by atoms with E-state index in [1.165, 1.54) is 19.1 Å². The zero-order chi connectivity index (χ0) is 13.2. The van der Waals surface area contributed by atoms with E-state index in [2.05, 4.69) is 15.9 Å². The molecule has 0 saturated carbocycles. The lowest BCUT2D eigenvalue weighted by molar-refractivity contribution is 0.102. The van der Waals surface area contributed by atoms with Crippen molar-refractivity contribution in [1.82, 2.24) is 0 Å². The minimum Gasteiger partial charge on any atom is -0.293 e. The molecule has 0 amide bonds. The van der Waals surface area contributed by atoms with Crippen LogP contribution in [0.5, 0.6) is 0 Å². The van der Waals surface area contributed by atoms with E-state index >= 15 is 0 Å². The molecule has 0 fully saturated rings. The lowest BCUT2D eigenvalue weighted by atomic mass is 10.1. The average molecular weight is 360 g/mol. The number of Topliss-reactive ketones (excluding diaryl/α,β-unsaturated/α-hetero) is 1. The highest BCUT2D eigenvalue weighted by Gasteiger charge is 2.21. The molecule has 0 N–H and O–H groups in total. The Morgan fingerprint density at radius 2 is 1.88 bits per heavy atom. The average Bonchev–Trinajstić information content (AvgIpc) is 2.31. The fraction of sp³-hybridized carbons (Fsp3) is 0.300. The molecule has 0 radical (unpaired) electrons. The molecule has 0 atom stereocenters. The van der Waals surface area contributed by atoms with Crippen LogP contribution in [0.25, 0.3) is 0 Å². The summed E-state index contributed by atoms with van der Waals surface area (Å²) < 4.78 is 23.4. The Bertz CT molecular complexity index is 555. The highest BCUT2D eigenvalue weighted by molar-refractivity contribution is 9.09. The second-order valence-corrected chi connectivity index (χ2v) is 6.76. The van der Waals surface area contributed by atoms with E-state index < -0.39 is 9.84 Å². The Morgan fingerprint density at radius 1 is 1.29 bits per heavy atom. The second-order valence-electron chi connectivity index (χ2n) is 3.20. The molecule has 7 heteroatoms. The molecule has 0 aliphatic heterocycles.